The van der Waals surface area contributed by atoms with Crippen LogP contribution >= 0.6 is 34.3 Å². The number of allylic oxidation sites excluding steroid dienone is 2. The van der Waals surface area contributed by atoms with Gasteiger partial charge in [-0.05, 0) is 61.4 Å². The molecule has 0 saturated carbocycles. The number of hydrogen-bond donors (Lipinski definition) is 0. The fourth-order valence-electron chi connectivity index (χ4n) is 6.34. The molecule has 0 radical (unpaired) electrons. The molecule has 4 atom stereocenters. The summed E-state index contributed by atoms with van der Waals surface area (Å²) in [6, 6.07) is 7.15. The Bertz CT molecular complexity index is 1850. The molecule has 7 rings (SSSR count). The Balaban J connectivity index is 1.17. The number of ether oxygens (including phenoxy) is 2. The minimum Gasteiger partial charge on any atom is -0.422 e. The van der Waals surface area contributed by atoms with E-state index in [1.807, 2.05) is 0 Å². The maximum Gasteiger partial charge on any atom is 0.380 e. The summed E-state index contributed by atoms with van der Waals surface area (Å²) >= 11 is 7.28. The molecule has 2 bridgehead atoms. The molecular weight excluding hydrogens is 668 g/mol. The maximum absolute atomic E-state index is 15.2. The summed E-state index contributed by atoms with van der Waals surface area (Å²) in [7, 11) is 0. The predicted molar refractivity (Wildman–Crippen MR) is 153 cm³/mol. The first-order chi connectivity index (χ1) is 21.1. The molecule has 2 saturated heterocycles. The fraction of sp³-hybridized carbons (Fsp3) is 0.300. The average molecular weight is 686 g/mol. The third-order valence-corrected chi connectivity index (χ3v) is 10.6. The van der Waals surface area contributed by atoms with E-state index in [4.69, 9.17) is 21.1 Å². The number of imide groups is 1. The normalized spacial score (nSPS) is 27.2. The van der Waals surface area contributed by atoms with Gasteiger partial charge in [0, 0.05) is 20.9 Å². The van der Waals surface area contributed by atoms with Gasteiger partial charge in [-0.15, -0.1) is 22.7 Å². The molecule has 45 heavy (non-hydrogen) atoms. The number of nitrogens with zero attached hydrogens (tertiary/aromatic N) is 1. The standard InChI is InChI=1S/C30H18ClF6NO5S2/c1-11-15(23-24(16-10-20(31)45-12(16)2)29(34,35)30(36,37)28(23,32)33)9-19(44-11)27(41)42-14-5-3-13(4-6-14)38-25(39)21-17-7-8-18(43-17)22(21)26(38)40/h3-10,17-18,21-22H,1-2H3/t17-,18+,21-,22+. The van der Waals surface area contributed by atoms with Gasteiger partial charge in [0.05, 0.1) is 34.1 Å². The van der Waals surface area contributed by atoms with Gasteiger partial charge in [-0.25, -0.2) is 9.69 Å². The first-order valence-corrected chi connectivity index (χ1v) is 15.4. The number of amides is 2. The van der Waals surface area contributed by atoms with E-state index in [1.54, 1.807) is 12.2 Å². The molecule has 0 N–H and O–H groups in total. The van der Waals surface area contributed by atoms with Crippen molar-refractivity contribution >= 4 is 68.9 Å². The third-order valence-electron chi connectivity index (χ3n) is 8.43. The summed E-state index contributed by atoms with van der Waals surface area (Å²) in [4.78, 5) is 39.7. The molecule has 2 aromatic heterocycles. The van der Waals surface area contributed by atoms with Crippen molar-refractivity contribution in [3.05, 3.63) is 78.6 Å². The van der Waals surface area contributed by atoms with Crippen LogP contribution in [-0.2, 0) is 14.3 Å². The second kappa shape index (κ2) is 9.77. The number of fused-ring (bicyclic) bond motifs is 5. The Morgan fingerprint density at radius 1 is 0.844 bits per heavy atom. The van der Waals surface area contributed by atoms with E-state index in [0.717, 1.165) is 28.4 Å². The summed E-state index contributed by atoms with van der Waals surface area (Å²) < 4.78 is 101. The summed E-state index contributed by atoms with van der Waals surface area (Å²) in [6.07, 6.45) is 2.56. The van der Waals surface area contributed by atoms with E-state index in [2.05, 4.69) is 0 Å². The van der Waals surface area contributed by atoms with Crippen molar-refractivity contribution in [2.24, 2.45) is 11.8 Å². The van der Waals surface area contributed by atoms with Gasteiger partial charge in [-0.1, -0.05) is 23.8 Å². The van der Waals surface area contributed by atoms with Crippen LogP contribution in [0.1, 0.15) is 30.6 Å². The molecule has 3 aromatic rings. The van der Waals surface area contributed by atoms with Gasteiger partial charge >= 0.3 is 23.7 Å². The van der Waals surface area contributed by atoms with Crippen LogP contribution in [0.15, 0.2) is 48.6 Å². The molecule has 2 fully saturated rings. The van der Waals surface area contributed by atoms with E-state index < -0.39 is 81.9 Å². The Hall–Kier alpha value is -3.46. The van der Waals surface area contributed by atoms with E-state index in [0.29, 0.717) is 11.3 Å². The lowest BCUT2D eigenvalue weighted by Crippen LogP contribution is -2.48. The topological polar surface area (TPSA) is 72.9 Å². The molecule has 1 aromatic carbocycles. The highest BCUT2D eigenvalue weighted by Gasteiger charge is 2.80. The van der Waals surface area contributed by atoms with Crippen LogP contribution in [0.5, 0.6) is 5.75 Å². The van der Waals surface area contributed by atoms with Crippen molar-refractivity contribution in [1.29, 1.82) is 0 Å². The molecule has 5 heterocycles. The lowest BCUT2D eigenvalue weighted by molar-refractivity contribution is -0.254. The van der Waals surface area contributed by atoms with E-state index in [1.165, 1.54) is 38.1 Å². The molecule has 15 heteroatoms. The fourth-order valence-corrected chi connectivity index (χ4v) is 8.44. The second-order valence-corrected chi connectivity index (χ2v) is 14.1. The van der Waals surface area contributed by atoms with Crippen molar-refractivity contribution in [3.63, 3.8) is 0 Å². The smallest absolute Gasteiger partial charge is 0.380 e. The minimum atomic E-state index is -5.76. The van der Waals surface area contributed by atoms with E-state index in [9.17, 15) is 23.2 Å². The van der Waals surface area contributed by atoms with Crippen molar-refractivity contribution < 1.29 is 50.2 Å². The number of hydrogen-bond acceptors (Lipinski definition) is 7. The monoisotopic (exact) mass is 685 g/mol. The highest BCUT2D eigenvalue weighted by atomic mass is 35.5. The molecule has 234 valence electrons. The molecule has 0 unspecified atom stereocenters. The van der Waals surface area contributed by atoms with Crippen molar-refractivity contribution in [3.8, 4) is 5.75 Å². The number of esters is 1. The zero-order chi connectivity index (χ0) is 32.4. The summed E-state index contributed by atoms with van der Waals surface area (Å²) in [5.74, 6) is -19.5. The third kappa shape index (κ3) is 4.08. The minimum absolute atomic E-state index is 0.0366. The number of rotatable bonds is 5. The number of benzene rings is 1. The molecule has 6 nitrogen and oxygen atoms in total. The van der Waals surface area contributed by atoms with Crippen LogP contribution in [0, 0.1) is 25.7 Å². The molecule has 4 aliphatic rings. The number of aryl methyl sites for hydroxylation is 2. The Morgan fingerprint density at radius 2 is 1.36 bits per heavy atom. The Kier molecular flexibility index (Phi) is 6.56. The van der Waals surface area contributed by atoms with E-state index >= 15 is 17.6 Å². The summed E-state index contributed by atoms with van der Waals surface area (Å²) in [5, 5.41) is 0. The van der Waals surface area contributed by atoms with Gasteiger partial charge in [0.25, 0.3) is 0 Å². The largest absolute Gasteiger partial charge is 0.422 e. The average Bonchev–Trinajstić information content (AvgIpc) is 3.79. The van der Waals surface area contributed by atoms with Gasteiger partial charge in [0.15, 0.2) is 0 Å². The van der Waals surface area contributed by atoms with Gasteiger partial charge < -0.3 is 9.47 Å². The van der Waals surface area contributed by atoms with Gasteiger partial charge in [0.1, 0.15) is 10.6 Å². The first kappa shape index (κ1) is 30.2. The maximum atomic E-state index is 15.2. The van der Waals surface area contributed by atoms with Gasteiger partial charge in [-0.2, -0.15) is 26.3 Å². The molecule has 1 aliphatic carbocycles. The number of anilines is 1. The van der Waals surface area contributed by atoms with Crippen molar-refractivity contribution in [2.45, 2.75) is 43.8 Å². The number of carbonyl (C=O) groups excluding carboxylic acids is 3. The van der Waals surface area contributed by atoms with Gasteiger partial charge in [0.2, 0.25) is 11.8 Å². The number of thiophene rings is 2. The lowest BCUT2D eigenvalue weighted by atomic mass is 9.85. The first-order valence-electron chi connectivity index (χ1n) is 13.4. The Labute approximate surface area is 263 Å². The highest BCUT2D eigenvalue weighted by Crippen LogP contribution is 2.66. The zero-order valence-corrected chi connectivity index (χ0v) is 25.3. The predicted octanol–water partition coefficient (Wildman–Crippen LogP) is 7.57. The SMILES string of the molecule is Cc1sc(Cl)cc1C1=C(c2cc(C(=O)Oc3ccc(N4C(=O)[C@@H]5[C@H](C4=O)[C@H]4C=C[C@@H]5O4)cc3)sc2C)C(F)(F)C(F)(F)C1(F)F. The number of halogens is 7. The highest BCUT2D eigenvalue weighted by molar-refractivity contribution is 7.16. The van der Waals surface area contributed by atoms with Crippen LogP contribution in [0.25, 0.3) is 11.1 Å². The molecular formula is C30H18ClF6NO5S2. The Morgan fingerprint density at radius 3 is 1.87 bits per heavy atom. The quantitative estimate of drug-likeness (QED) is 0.0911. The van der Waals surface area contributed by atoms with Crippen LogP contribution in [0.2, 0.25) is 4.34 Å². The summed E-state index contributed by atoms with van der Waals surface area (Å²) in [6.45, 7) is 2.53. The number of carbonyl (C=O) groups is 3. The molecule has 2 amide bonds. The second-order valence-electron chi connectivity index (χ2n) is 11.0. The number of alkyl halides is 6. The van der Waals surface area contributed by atoms with Gasteiger partial charge in [-0.3, -0.25) is 9.59 Å². The summed E-state index contributed by atoms with van der Waals surface area (Å²) in [5.41, 5.74) is -4.09. The van der Waals surface area contributed by atoms with Crippen molar-refractivity contribution in [1.82, 2.24) is 0 Å². The molecule has 3 aliphatic heterocycles. The lowest BCUT2D eigenvalue weighted by Gasteiger charge is -2.25. The van der Waals surface area contributed by atoms with Crippen LogP contribution in [0.4, 0.5) is 32.0 Å². The van der Waals surface area contributed by atoms with Crippen LogP contribution in [0.3, 0.4) is 0 Å². The zero-order valence-electron chi connectivity index (χ0n) is 22.9. The van der Waals surface area contributed by atoms with Crippen LogP contribution < -0.4 is 9.64 Å². The molecule has 0 spiro atoms. The van der Waals surface area contributed by atoms with Crippen LogP contribution in [-0.4, -0.2) is 47.8 Å². The van der Waals surface area contributed by atoms with Crippen molar-refractivity contribution in [2.75, 3.05) is 4.90 Å². The van der Waals surface area contributed by atoms with E-state index in [-0.39, 0.29) is 30.4 Å².